The van der Waals surface area contributed by atoms with Crippen LogP contribution in [0.4, 0.5) is 22.8 Å². The van der Waals surface area contributed by atoms with Gasteiger partial charge in [0.05, 0.1) is 0 Å². The lowest BCUT2D eigenvalue weighted by atomic mass is 10.7. The molecule has 0 rings (SSSR count). The van der Waals surface area contributed by atoms with Crippen molar-refractivity contribution in [2.75, 3.05) is 19.3 Å². The van der Waals surface area contributed by atoms with E-state index >= 15 is 0 Å². The Bertz CT molecular complexity index is 327. The maximum Gasteiger partial charge on any atom is 0.511 e. The number of carbonyl (C=O) groups is 2. The SMILES string of the molecule is C=CCOC(=O)OC(F)C(F)F.C=CCOC(=O)OCCl. The minimum atomic E-state index is -3.36. The van der Waals surface area contributed by atoms with Crippen LogP contribution < -0.4 is 0 Å². The zero-order chi connectivity index (χ0) is 16.7. The first-order valence-corrected chi connectivity index (χ1v) is 5.75. The van der Waals surface area contributed by atoms with Gasteiger partial charge in [-0.3, -0.25) is 0 Å². The largest absolute Gasteiger partial charge is 0.511 e. The molecule has 0 aliphatic heterocycles. The van der Waals surface area contributed by atoms with Crippen LogP contribution in [0.25, 0.3) is 0 Å². The smallest absolute Gasteiger partial charge is 0.430 e. The lowest BCUT2D eigenvalue weighted by Gasteiger charge is -2.07. The van der Waals surface area contributed by atoms with E-state index in [0.717, 1.165) is 0 Å². The Morgan fingerprint density at radius 2 is 1.48 bits per heavy atom. The molecule has 0 aliphatic carbocycles. The molecule has 0 radical (unpaired) electrons. The molecule has 0 fully saturated rings. The molecule has 0 aromatic carbocycles. The molecule has 0 amide bonds. The van der Waals surface area contributed by atoms with Gasteiger partial charge < -0.3 is 18.9 Å². The fraction of sp³-hybridized carbons (Fsp3) is 0.455. The second-order valence-electron chi connectivity index (χ2n) is 2.76. The normalized spacial score (nSPS) is 10.5. The van der Waals surface area contributed by atoms with Gasteiger partial charge in [0.15, 0.2) is 6.07 Å². The summed E-state index contributed by atoms with van der Waals surface area (Å²) in [6.07, 6.45) is -5.93. The van der Waals surface area contributed by atoms with Crippen molar-refractivity contribution in [3.05, 3.63) is 25.3 Å². The Morgan fingerprint density at radius 1 is 1.00 bits per heavy atom. The van der Waals surface area contributed by atoms with E-state index in [9.17, 15) is 22.8 Å². The number of rotatable bonds is 7. The molecular weight excluding hydrogens is 321 g/mol. The predicted molar refractivity (Wildman–Crippen MR) is 66.9 cm³/mol. The molecule has 0 bridgehead atoms. The summed E-state index contributed by atoms with van der Waals surface area (Å²) >= 11 is 5.03. The van der Waals surface area contributed by atoms with Crippen LogP contribution in [0.15, 0.2) is 25.3 Å². The lowest BCUT2D eigenvalue weighted by molar-refractivity contribution is -0.108. The van der Waals surface area contributed by atoms with Crippen LogP contribution in [0, 0.1) is 0 Å². The third kappa shape index (κ3) is 16.0. The molecular formula is C11H14ClF3O6. The second kappa shape index (κ2) is 14.5. The molecule has 0 aromatic heterocycles. The first-order valence-electron chi connectivity index (χ1n) is 5.21. The summed E-state index contributed by atoms with van der Waals surface area (Å²) < 4.78 is 50.8. The Morgan fingerprint density at radius 3 is 1.86 bits per heavy atom. The van der Waals surface area contributed by atoms with Crippen molar-refractivity contribution in [3.63, 3.8) is 0 Å². The molecule has 21 heavy (non-hydrogen) atoms. The predicted octanol–water partition coefficient (Wildman–Crippen LogP) is 3.41. The Balaban J connectivity index is 0. The molecule has 0 spiro atoms. The van der Waals surface area contributed by atoms with Crippen molar-refractivity contribution in [3.8, 4) is 0 Å². The fourth-order valence-electron chi connectivity index (χ4n) is 0.518. The standard InChI is InChI=1S/C6H7F3O3.C5H7ClO3/c1-2-3-11-6(10)12-5(9)4(7)8;1-2-3-8-5(7)9-4-6/h2,4-5H,1,3H2;2H,1,3-4H2. The molecule has 0 heterocycles. The molecule has 6 nitrogen and oxygen atoms in total. The minimum absolute atomic E-state index is 0.149. The van der Waals surface area contributed by atoms with Crippen molar-refractivity contribution in [1.82, 2.24) is 0 Å². The first kappa shape index (κ1) is 21.4. The molecule has 0 N–H and O–H groups in total. The highest BCUT2D eigenvalue weighted by molar-refractivity contribution is 6.17. The highest BCUT2D eigenvalue weighted by Gasteiger charge is 2.23. The topological polar surface area (TPSA) is 71.1 Å². The summed E-state index contributed by atoms with van der Waals surface area (Å²) in [6, 6.07) is -0.185. The quantitative estimate of drug-likeness (QED) is 0.403. The van der Waals surface area contributed by atoms with Crippen LogP contribution in [0.3, 0.4) is 0 Å². The molecule has 0 saturated heterocycles. The van der Waals surface area contributed by atoms with Gasteiger partial charge in [0.1, 0.15) is 13.2 Å². The molecule has 1 unspecified atom stereocenters. The summed E-state index contributed by atoms with van der Waals surface area (Å²) in [6.45, 7) is 6.43. The monoisotopic (exact) mass is 334 g/mol. The number of halogens is 4. The van der Waals surface area contributed by atoms with Gasteiger partial charge in [0.25, 0.3) is 0 Å². The average molecular weight is 335 g/mol. The van der Waals surface area contributed by atoms with E-state index in [0.29, 0.717) is 0 Å². The van der Waals surface area contributed by atoms with Crippen molar-refractivity contribution >= 4 is 23.9 Å². The highest BCUT2D eigenvalue weighted by Crippen LogP contribution is 2.07. The summed E-state index contributed by atoms with van der Waals surface area (Å²) in [5.74, 6) is 0. The van der Waals surface area contributed by atoms with Gasteiger partial charge in [-0.15, -0.1) is 0 Å². The third-order valence-corrected chi connectivity index (χ3v) is 1.33. The number of hydrogen-bond donors (Lipinski definition) is 0. The van der Waals surface area contributed by atoms with E-state index in [2.05, 4.69) is 32.1 Å². The van der Waals surface area contributed by atoms with Crippen LogP contribution in [0.2, 0.25) is 0 Å². The van der Waals surface area contributed by atoms with E-state index in [1.54, 1.807) is 0 Å². The Kier molecular flexibility index (Phi) is 14.8. The second-order valence-corrected chi connectivity index (χ2v) is 2.97. The van der Waals surface area contributed by atoms with Crippen molar-refractivity contribution in [2.24, 2.45) is 0 Å². The highest BCUT2D eigenvalue weighted by atomic mass is 35.5. The molecule has 122 valence electrons. The van der Waals surface area contributed by atoms with E-state index in [1.165, 1.54) is 12.2 Å². The van der Waals surface area contributed by atoms with Gasteiger partial charge >= 0.3 is 25.1 Å². The summed E-state index contributed by atoms with van der Waals surface area (Å²) in [5, 5.41) is 0. The van der Waals surface area contributed by atoms with Crippen LogP contribution in [-0.2, 0) is 18.9 Å². The molecule has 0 aliphatic rings. The van der Waals surface area contributed by atoms with Gasteiger partial charge in [0.2, 0.25) is 0 Å². The molecule has 1 atom stereocenters. The van der Waals surface area contributed by atoms with E-state index in [-0.39, 0.29) is 19.3 Å². The maximum atomic E-state index is 11.9. The van der Waals surface area contributed by atoms with Gasteiger partial charge in [-0.05, 0) is 0 Å². The fourth-order valence-corrected chi connectivity index (χ4v) is 0.607. The third-order valence-electron chi connectivity index (χ3n) is 1.22. The zero-order valence-corrected chi connectivity index (χ0v) is 11.6. The van der Waals surface area contributed by atoms with Gasteiger partial charge in [0, 0.05) is 0 Å². The van der Waals surface area contributed by atoms with Gasteiger partial charge in [-0.2, -0.15) is 4.39 Å². The van der Waals surface area contributed by atoms with Crippen molar-refractivity contribution < 1.29 is 41.7 Å². The Hall–Kier alpha value is -1.90. The van der Waals surface area contributed by atoms with Crippen molar-refractivity contribution in [1.29, 1.82) is 0 Å². The zero-order valence-electron chi connectivity index (χ0n) is 10.8. The number of hydrogen-bond acceptors (Lipinski definition) is 6. The summed E-state index contributed by atoms with van der Waals surface area (Å²) in [5.41, 5.74) is 0. The van der Waals surface area contributed by atoms with Crippen molar-refractivity contribution in [2.45, 2.75) is 12.8 Å². The Labute approximate surface area is 124 Å². The van der Waals surface area contributed by atoms with Gasteiger partial charge in [-0.25, -0.2) is 18.4 Å². The van der Waals surface area contributed by atoms with Crippen LogP contribution in [0.1, 0.15) is 0 Å². The van der Waals surface area contributed by atoms with Crippen LogP contribution >= 0.6 is 11.6 Å². The number of alkyl halides is 4. The number of carbonyl (C=O) groups excluding carboxylic acids is 2. The summed E-state index contributed by atoms with van der Waals surface area (Å²) in [7, 11) is 0. The average Bonchev–Trinajstić information content (AvgIpc) is 2.43. The minimum Gasteiger partial charge on any atom is -0.430 e. The summed E-state index contributed by atoms with van der Waals surface area (Å²) in [4.78, 5) is 20.5. The molecule has 0 saturated carbocycles. The lowest BCUT2D eigenvalue weighted by Crippen LogP contribution is -2.21. The maximum absolute atomic E-state index is 11.9. The molecule has 0 aromatic rings. The molecule has 10 heteroatoms. The van der Waals surface area contributed by atoms with Gasteiger partial charge in [-0.1, -0.05) is 36.9 Å². The first-order chi connectivity index (χ1) is 9.88. The van der Waals surface area contributed by atoms with E-state index in [1.807, 2.05) is 0 Å². The number of ether oxygens (including phenoxy) is 4. The van der Waals surface area contributed by atoms with Crippen LogP contribution in [-0.4, -0.2) is 44.4 Å². The van der Waals surface area contributed by atoms with Crippen LogP contribution in [0.5, 0.6) is 0 Å². The van der Waals surface area contributed by atoms with E-state index < -0.39 is 25.1 Å². The van der Waals surface area contributed by atoms with E-state index in [4.69, 9.17) is 11.6 Å².